The maximum absolute atomic E-state index is 13.8. The molecule has 0 radical (unpaired) electrons. The lowest BCUT2D eigenvalue weighted by Gasteiger charge is -2.30. The van der Waals surface area contributed by atoms with Crippen molar-refractivity contribution in [2.45, 2.75) is 70.9 Å². The Labute approximate surface area is 262 Å². The molecule has 0 aliphatic carbocycles. The smallest absolute Gasteiger partial charge is 0.253 e. The summed E-state index contributed by atoms with van der Waals surface area (Å²) in [6, 6.07) is 12.5. The number of aliphatic hydroxyl groups is 1. The fourth-order valence-electron chi connectivity index (χ4n) is 4.55. The van der Waals surface area contributed by atoms with E-state index < -0.39 is 28.1 Å². The molecule has 3 amide bonds. The monoisotopic (exact) mass is 631 g/mol. The van der Waals surface area contributed by atoms with Gasteiger partial charge in [0.2, 0.25) is 15.9 Å². The number of sulfonamides is 1. The first kappa shape index (κ1) is 36.9. The SMILES string of the molecule is CCCN(CCC)C(=O)c1cc(C(=O)NC(Cc2ccccc2)C(O)CN(CC)NC(=O)C(C)C)cc(S(=O)(=O)N(C)C)c1. The Morgan fingerprint density at radius 3 is 2.02 bits per heavy atom. The van der Waals surface area contributed by atoms with Crippen LogP contribution < -0.4 is 10.7 Å². The van der Waals surface area contributed by atoms with Gasteiger partial charge in [0, 0.05) is 57.3 Å². The maximum Gasteiger partial charge on any atom is 0.253 e. The number of likely N-dealkylation sites (N-methyl/N-ethyl adjacent to an activating group) is 1. The van der Waals surface area contributed by atoms with Crippen LogP contribution in [-0.2, 0) is 21.2 Å². The van der Waals surface area contributed by atoms with Gasteiger partial charge in [0.25, 0.3) is 11.8 Å². The second kappa shape index (κ2) is 17.2. The zero-order chi connectivity index (χ0) is 33.0. The normalized spacial score (nSPS) is 13.2. The highest BCUT2D eigenvalue weighted by molar-refractivity contribution is 7.89. The van der Waals surface area contributed by atoms with E-state index in [1.165, 1.54) is 32.3 Å². The van der Waals surface area contributed by atoms with E-state index in [0.29, 0.717) is 19.6 Å². The second-order valence-electron chi connectivity index (χ2n) is 11.3. The number of nitrogens with zero attached hydrogens (tertiary/aromatic N) is 3. The summed E-state index contributed by atoms with van der Waals surface area (Å²) < 4.78 is 27.3. The number of carbonyl (C=O) groups excluding carboxylic acids is 3. The van der Waals surface area contributed by atoms with E-state index in [0.717, 1.165) is 22.7 Å². The van der Waals surface area contributed by atoms with E-state index >= 15 is 0 Å². The third-order valence-electron chi connectivity index (χ3n) is 7.13. The molecule has 2 atom stereocenters. The Morgan fingerprint density at radius 1 is 0.909 bits per heavy atom. The first-order valence-corrected chi connectivity index (χ1v) is 16.6. The van der Waals surface area contributed by atoms with E-state index in [1.54, 1.807) is 23.8 Å². The van der Waals surface area contributed by atoms with Crippen LogP contribution in [0.25, 0.3) is 0 Å². The molecular weight excluding hydrogens is 582 g/mol. The van der Waals surface area contributed by atoms with E-state index in [4.69, 9.17) is 0 Å². The van der Waals surface area contributed by atoms with Crippen molar-refractivity contribution in [2.75, 3.05) is 40.3 Å². The van der Waals surface area contributed by atoms with Crippen LogP contribution in [0.3, 0.4) is 0 Å². The maximum atomic E-state index is 13.8. The lowest BCUT2D eigenvalue weighted by atomic mass is 10.00. The van der Waals surface area contributed by atoms with E-state index in [9.17, 15) is 27.9 Å². The molecule has 44 heavy (non-hydrogen) atoms. The van der Waals surface area contributed by atoms with Crippen molar-refractivity contribution in [2.24, 2.45) is 5.92 Å². The van der Waals surface area contributed by atoms with Crippen molar-refractivity contribution in [3.05, 3.63) is 65.2 Å². The van der Waals surface area contributed by atoms with Gasteiger partial charge in [-0.25, -0.2) is 17.7 Å². The number of hydrazine groups is 1. The first-order chi connectivity index (χ1) is 20.7. The summed E-state index contributed by atoms with van der Waals surface area (Å²) in [4.78, 5) is 41.1. The van der Waals surface area contributed by atoms with Gasteiger partial charge in [-0.05, 0) is 43.0 Å². The standard InChI is InChI=1S/C32H49N5O6S/c1-8-16-36(17-9-2)32(41)26-19-25(20-27(21-26)44(42,43)35(6)7)31(40)33-28(18-24-14-12-11-13-15-24)29(38)22-37(10-3)34-30(39)23(4)5/h11-15,19-21,23,28-29,38H,8-10,16-18,22H2,1-7H3,(H,33,40)(H,34,39). The lowest BCUT2D eigenvalue weighted by Crippen LogP contribution is -2.53. The van der Waals surface area contributed by atoms with Gasteiger partial charge in [-0.1, -0.05) is 65.0 Å². The van der Waals surface area contributed by atoms with Crippen molar-refractivity contribution >= 4 is 27.7 Å². The molecule has 2 aromatic carbocycles. The number of aliphatic hydroxyl groups excluding tert-OH is 1. The highest BCUT2D eigenvalue weighted by atomic mass is 32.2. The average molecular weight is 632 g/mol. The number of carbonyl (C=O) groups is 3. The Hall–Kier alpha value is -3.32. The minimum atomic E-state index is -3.98. The average Bonchev–Trinajstić information content (AvgIpc) is 2.99. The molecule has 244 valence electrons. The predicted octanol–water partition coefficient (Wildman–Crippen LogP) is 2.91. The summed E-state index contributed by atoms with van der Waals surface area (Å²) in [5, 5.41) is 15.8. The van der Waals surface area contributed by atoms with Gasteiger partial charge in [-0.15, -0.1) is 0 Å². The van der Waals surface area contributed by atoms with Crippen LogP contribution in [0.5, 0.6) is 0 Å². The molecule has 0 fully saturated rings. The van der Waals surface area contributed by atoms with Crippen LogP contribution in [0.1, 0.15) is 73.7 Å². The van der Waals surface area contributed by atoms with Gasteiger partial charge in [0.1, 0.15) is 0 Å². The zero-order valence-electron chi connectivity index (χ0n) is 27.0. The van der Waals surface area contributed by atoms with Crippen molar-refractivity contribution in [3.8, 4) is 0 Å². The van der Waals surface area contributed by atoms with E-state index in [-0.39, 0.29) is 46.7 Å². The molecular formula is C32H49N5O6S. The van der Waals surface area contributed by atoms with E-state index in [2.05, 4.69) is 10.7 Å². The van der Waals surface area contributed by atoms with Crippen molar-refractivity contribution in [1.29, 1.82) is 0 Å². The number of benzene rings is 2. The minimum absolute atomic E-state index is 0.0186. The summed E-state index contributed by atoms with van der Waals surface area (Å²) in [5.74, 6) is -1.45. The van der Waals surface area contributed by atoms with E-state index in [1.807, 2.05) is 51.1 Å². The van der Waals surface area contributed by atoms with Crippen molar-refractivity contribution in [3.63, 3.8) is 0 Å². The number of amides is 3. The van der Waals surface area contributed by atoms with Crippen LogP contribution in [0, 0.1) is 5.92 Å². The molecule has 0 spiro atoms. The summed E-state index contributed by atoms with van der Waals surface area (Å²) >= 11 is 0. The highest BCUT2D eigenvalue weighted by Crippen LogP contribution is 2.21. The molecule has 3 N–H and O–H groups in total. The Balaban J connectivity index is 2.51. The molecule has 2 aromatic rings. The van der Waals surface area contributed by atoms with Crippen LogP contribution in [-0.4, -0.2) is 97.9 Å². The van der Waals surface area contributed by atoms with Crippen molar-refractivity contribution in [1.82, 2.24) is 25.0 Å². The fraction of sp³-hybridized carbons (Fsp3) is 0.531. The first-order valence-electron chi connectivity index (χ1n) is 15.2. The molecule has 0 aliphatic heterocycles. The number of nitrogens with one attached hydrogen (secondary N) is 2. The van der Waals surface area contributed by atoms with Gasteiger partial charge in [0.05, 0.1) is 17.0 Å². The van der Waals surface area contributed by atoms with Gasteiger partial charge >= 0.3 is 0 Å². The topological polar surface area (TPSA) is 139 Å². The number of hydrogen-bond acceptors (Lipinski definition) is 7. The molecule has 0 heterocycles. The van der Waals surface area contributed by atoms with Gasteiger partial charge < -0.3 is 15.3 Å². The lowest BCUT2D eigenvalue weighted by molar-refractivity contribution is -0.129. The number of rotatable bonds is 17. The Bertz CT molecular complexity index is 1340. The molecule has 2 unspecified atom stereocenters. The minimum Gasteiger partial charge on any atom is -0.390 e. The summed E-state index contributed by atoms with van der Waals surface area (Å²) in [6.45, 7) is 10.7. The Kier molecular flexibility index (Phi) is 14.4. The third kappa shape index (κ3) is 10.4. The fourth-order valence-corrected chi connectivity index (χ4v) is 5.52. The van der Waals surface area contributed by atoms with Crippen LogP contribution in [0.4, 0.5) is 0 Å². The molecule has 0 saturated heterocycles. The third-order valence-corrected chi connectivity index (χ3v) is 8.92. The molecule has 2 rings (SSSR count). The molecule has 0 bridgehead atoms. The van der Waals surface area contributed by atoms with Crippen molar-refractivity contribution < 1.29 is 27.9 Å². The quantitative estimate of drug-likeness (QED) is 0.228. The Morgan fingerprint density at radius 2 is 1.50 bits per heavy atom. The van der Waals surface area contributed by atoms with Crippen LogP contribution in [0.2, 0.25) is 0 Å². The van der Waals surface area contributed by atoms with Gasteiger partial charge in [-0.3, -0.25) is 19.8 Å². The predicted molar refractivity (Wildman–Crippen MR) is 171 cm³/mol. The number of hydrogen-bond donors (Lipinski definition) is 3. The highest BCUT2D eigenvalue weighted by Gasteiger charge is 2.28. The van der Waals surface area contributed by atoms with Crippen LogP contribution >= 0.6 is 0 Å². The van der Waals surface area contributed by atoms with Gasteiger partial charge in [0.15, 0.2) is 0 Å². The molecule has 11 nitrogen and oxygen atoms in total. The van der Waals surface area contributed by atoms with Crippen LogP contribution in [0.15, 0.2) is 53.4 Å². The largest absolute Gasteiger partial charge is 0.390 e. The molecule has 12 heteroatoms. The molecule has 0 aromatic heterocycles. The van der Waals surface area contributed by atoms with Gasteiger partial charge in [-0.2, -0.15) is 0 Å². The molecule has 0 aliphatic rings. The summed E-state index contributed by atoms with van der Waals surface area (Å²) in [5.41, 5.74) is 3.73. The zero-order valence-corrected chi connectivity index (χ0v) is 27.9. The second-order valence-corrected chi connectivity index (χ2v) is 13.5. The summed E-state index contributed by atoms with van der Waals surface area (Å²) in [7, 11) is -1.22. The summed E-state index contributed by atoms with van der Waals surface area (Å²) in [6.07, 6.45) is 0.609. The molecule has 0 saturated carbocycles.